The summed E-state index contributed by atoms with van der Waals surface area (Å²) >= 11 is 1.37. The second-order valence-electron chi connectivity index (χ2n) is 4.90. The molecule has 0 aromatic carbocycles. The SMILES string of the molecule is CCc1c(C)sc(NC(=O)[C@H]2CCS(=O)(=O)C2)c1C#N. The summed E-state index contributed by atoms with van der Waals surface area (Å²) in [6.45, 7) is 3.88. The Labute approximate surface area is 122 Å². The number of nitrogens with zero attached hydrogens (tertiary/aromatic N) is 1. The molecule has 0 radical (unpaired) electrons. The molecule has 0 spiro atoms. The van der Waals surface area contributed by atoms with Crippen molar-refractivity contribution in [2.24, 2.45) is 5.92 Å². The molecule has 1 aliphatic heterocycles. The highest BCUT2D eigenvalue weighted by Crippen LogP contribution is 2.33. The molecule has 2 rings (SSSR count). The molecule has 1 fully saturated rings. The number of nitriles is 1. The molecule has 1 aromatic heterocycles. The Kier molecular flexibility index (Phi) is 4.16. The van der Waals surface area contributed by atoms with Crippen molar-refractivity contribution in [2.45, 2.75) is 26.7 Å². The van der Waals surface area contributed by atoms with Gasteiger partial charge in [0.25, 0.3) is 0 Å². The fourth-order valence-electron chi connectivity index (χ4n) is 2.43. The van der Waals surface area contributed by atoms with Crippen molar-refractivity contribution < 1.29 is 13.2 Å². The van der Waals surface area contributed by atoms with Crippen LogP contribution in [0.1, 0.15) is 29.3 Å². The number of nitrogens with one attached hydrogen (secondary N) is 1. The number of hydrogen-bond donors (Lipinski definition) is 1. The predicted octanol–water partition coefficient (Wildman–Crippen LogP) is 1.86. The van der Waals surface area contributed by atoms with E-state index in [1.54, 1.807) is 0 Å². The third kappa shape index (κ3) is 2.86. The van der Waals surface area contributed by atoms with Gasteiger partial charge in [0.15, 0.2) is 9.84 Å². The standard InChI is InChI=1S/C13H16N2O3S2/c1-3-10-8(2)19-13(11(10)6-14)15-12(16)9-4-5-20(17,18)7-9/h9H,3-5,7H2,1-2H3,(H,15,16)/t9-/m0/s1. The summed E-state index contributed by atoms with van der Waals surface area (Å²) < 4.78 is 22.8. The van der Waals surface area contributed by atoms with Crippen molar-refractivity contribution in [3.05, 3.63) is 16.0 Å². The van der Waals surface area contributed by atoms with Crippen molar-refractivity contribution in [2.75, 3.05) is 16.8 Å². The maximum Gasteiger partial charge on any atom is 0.229 e. The normalized spacial score (nSPS) is 20.6. The van der Waals surface area contributed by atoms with Gasteiger partial charge in [-0.3, -0.25) is 4.79 Å². The van der Waals surface area contributed by atoms with Crippen LogP contribution in [0.3, 0.4) is 0 Å². The van der Waals surface area contributed by atoms with Gasteiger partial charge in [0.2, 0.25) is 5.91 Å². The Hall–Kier alpha value is -1.39. The minimum Gasteiger partial charge on any atom is -0.316 e. The Balaban J connectivity index is 2.19. The van der Waals surface area contributed by atoms with Crippen molar-refractivity contribution >= 4 is 32.1 Å². The summed E-state index contributed by atoms with van der Waals surface area (Å²) in [6, 6.07) is 2.13. The van der Waals surface area contributed by atoms with E-state index < -0.39 is 15.8 Å². The first-order chi connectivity index (χ1) is 9.38. The fourth-order valence-corrected chi connectivity index (χ4v) is 5.27. The number of rotatable bonds is 3. The van der Waals surface area contributed by atoms with Gasteiger partial charge in [-0.25, -0.2) is 8.42 Å². The number of carbonyl (C=O) groups is 1. The number of sulfone groups is 1. The smallest absolute Gasteiger partial charge is 0.229 e. The molecule has 1 atom stereocenters. The molecule has 0 unspecified atom stereocenters. The van der Waals surface area contributed by atoms with Crippen LogP contribution in [0.4, 0.5) is 5.00 Å². The molecular weight excluding hydrogens is 296 g/mol. The summed E-state index contributed by atoms with van der Waals surface area (Å²) in [6.07, 6.45) is 1.10. The highest BCUT2D eigenvalue weighted by Gasteiger charge is 2.33. The van der Waals surface area contributed by atoms with Gasteiger partial charge < -0.3 is 5.32 Å². The third-order valence-electron chi connectivity index (χ3n) is 3.51. The first kappa shape index (κ1) is 15.0. The zero-order valence-electron chi connectivity index (χ0n) is 11.4. The molecule has 5 nitrogen and oxygen atoms in total. The van der Waals surface area contributed by atoms with Crippen LogP contribution in [0.2, 0.25) is 0 Å². The summed E-state index contributed by atoms with van der Waals surface area (Å²) in [4.78, 5) is 13.1. The molecule has 1 amide bonds. The van der Waals surface area contributed by atoms with Crippen molar-refractivity contribution in [1.82, 2.24) is 0 Å². The van der Waals surface area contributed by atoms with Crippen LogP contribution >= 0.6 is 11.3 Å². The van der Waals surface area contributed by atoms with E-state index in [-0.39, 0.29) is 17.4 Å². The first-order valence-electron chi connectivity index (χ1n) is 6.41. The Morgan fingerprint density at radius 1 is 1.55 bits per heavy atom. The average Bonchev–Trinajstić information content (AvgIpc) is 2.88. The lowest BCUT2D eigenvalue weighted by Crippen LogP contribution is -2.23. The first-order valence-corrected chi connectivity index (χ1v) is 9.05. The molecule has 1 aromatic rings. The molecule has 0 saturated carbocycles. The Morgan fingerprint density at radius 3 is 2.75 bits per heavy atom. The summed E-state index contributed by atoms with van der Waals surface area (Å²) in [7, 11) is -3.08. The summed E-state index contributed by atoms with van der Waals surface area (Å²) in [5.74, 6) is -0.823. The van der Waals surface area contributed by atoms with E-state index in [1.807, 2.05) is 13.8 Å². The lowest BCUT2D eigenvalue weighted by molar-refractivity contribution is -0.119. The predicted molar refractivity (Wildman–Crippen MR) is 78.5 cm³/mol. The van der Waals surface area contributed by atoms with E-state index in [0.717, 1.165) is 16.9 Å². The van der Waals surface area contributed by atoms with Gasteiger partial charge in [0, 0.05) is 4.88 Å². The lowest BCUT2D eigenvalue weighted by atomic mass is 10.1. The van der Waals surface area contributed by atoms with E-state index >= 15 is 0 Å². The number of thiophene rings is 1. The highest BCUT2D eigenvalue weighted by molar-refractivity contribution is 7.91. The van der Waals surface area contributed by atoms with Gasteiger partial charge in [0.05, 0.1) is 23.0 Å². The molecule has 1 N–H and O–H groups in total. The molecule has 0 aliphatic carbocycles. The molecule has 1 saturated heterocycles. The van der Waals surface area contributed by atoms with Gasteiger partial charge in [0.1, 0.15) is 11.1 Å². The number of aryl methyl sites for hydroxylation is 1. The maximum absolute atomic E-state index is 12.1. The van der Waals surface area contributed by atoms with Gasteiger partial charge in [-0.15, -0.1) is 11.3 Å². The monoisotopic (exact) mass is 312 g/mol. The minimum atomic E-state index is -3.08. The highest BCUT2D eigenvalue weighted by atomic mass is 32.2. The van der Waals surface area contributed by atoms with Gasteiger partial charge >= 0.3 is 0 Å². The molecule has 7 heteroatoms. The van der Waals surface area contributed by atoms with Gasteiger partial charge in [-0.2, -0.15) is 5.26 Å². The van der Waals surface area contributed by atoms with E-state index in [2.05, 4.69) is 11.4 Å². The average molecular weight is 312 g/mol. The van der Waals surface area contributed by atoms with Gasteiger partial charge in [-0.1, -0.05) is 6.92 Å². The summed E-state index contributed by atoms with van der Waals surface area (Å²) in [5.41, 5.74) is 1.45. The second kappa shape index (κ2) is 5.54. The molecule has 2 heterocycles. The zero-order chi connectivity index (χ0) is 14.9. The molecule has 1 aliphatic rings. The number of carbonyl (C=O) groups excluding carboxylic acids is 1. The van der Waals surface area contributed by atoms with Crippen LogP contribution in [0, 0.1) is 24.2 Å². The van der Waals surface area contributed by atoms with Crippen molar-refractivity contribution in [3.63, 3.8) is 0 Å². The van der Waals surface area contributed by atoms with Crippen LogP contribution in [0.5, 0.6) is 0 Å². The van der Waals surface area contributed by atoms with Gasteiger partial charge in [-0.05, 0) is 25.3 Å². The Bertz CT molecular complexity index is 683. The van der Waals surface area contributed by atoms with Crippen LogP contribution in [0.15, 0.2) is 0 Å². The number of hydrogen-bond acceptors (Lipinski definition) is 5. The second-order valence-corrected chi connectivity index (χ2v) is 8.35. The molecule has 0 bridgehead atoms. The van der Waals surface area contributed by atoms with E-state index in [4.69, 9.17) is 0 Å². The minimum absolute atomic E-state index is 0.0693. The van der Waals surface area contributed by atoms with E-state index in [9.17, 15) is 18.5 Å². The zero-order valence-corrected chi connectivity index (χ0v) is 13.0. The lowest BCUT2D eigenvalue weighted by Gasteiger charge is -2.08. The third-order valence-corrected chi connectivity index (χ3v) is 6.35. The molecular formula is C13H16N2O3S2. The van der Waals surface area contributed by atoms with Crippen molar-refractivity contribution in [1.29, 1.82) is 5.26 Å². The number of amides is 1. The fraction of sp³-hybridized carbons (Fsp3) is 0.538. The summed E-state index contributed by atoms with van der Waals surface area (Å²) in [5, 5.41) is 12.5. The Morgan fingerprint density at radius 2 is 2.25 bits per heavy atom. The quantitative estimate of drug-likeness (QED) is 0.923. The molecule has 108 valence electrons. The van der Waals surface area contributed by atoms with E-state index in [1.165, 1.54) is 11.3 Å². The van der Waals surface area contributed by atoms with Crippen LogP contribution in [0.25, 0.3) is 0 Å². The topological polar surface area (TPSA) is 87.0 Å². The van der Waals surface area contributed by atoms with Crippen LogP contribution in [-0.2, 0) is 21.1 Å². The van der Waals surface area contributed by atoms with Crippen LogP contribution < -0.4 is 5.32 Å². The van der Waals surface area contributed by atoms with Crippen molar-refractivity contribution in [3.8, 4) is 6.07 Å². The van der Waals surface area contributed by atoms with E-state index in [0.29, 0.717) is 17.0 Å². The maximum atomic E-state index is 12.1. The van der Waals surface area contributed by atoms with Crippen LogP contribution in [-0.4, -0.2) is 25.8 Å². The molecule has 20 heavy (non-hydrogen) atoms. The number of anilines is 1. The largest absolute Gasteiger partial charge is 0.316 e.